The Hall–Kier alpha value is -3.22. The van der Waals surface area contributed by atoms with Crippen LogP contribution < -0.4 is 10.6 Å². The first-order valence-electron chi connectivity index (χ1n) is 9.13. The summed E-state index contributed by atoms with van der Waals surface area (Å²) in [5.74, 6) is 1.52. The summed E-state index contributed by atoms with van der Waals surface area (Å²) in [6.45, 7) is 2.31. The van der Waals surface area contributed by atoms with E-state index in [2.05, 4.69) is 24.4 Å². The van der Waals surface area contributed by atoms with Crippen LogP contribution >= 0.6 is 0 Å². The van der Waals surface area contributed by atoms with Crippen molar-refractivity contribution in [1.82, 2.24) is 19.5 Å². The minimum atomic E-state index is -0.447. The van der Waals surface area contributed by atoms with Crippen LogP contribution in [0.1, 0.15) is 40.6 Å². The van der Waals surface area contributed by atoms with Gasteiger partial charge in [0.2, 0.25) is 0 Å². The average molecular weight is 362 g/mol. The molecule has 4 heterocycles. The Morgan fingerprint density at radius 1 is 1.11 bits per heavy atom. The standard InChI is InChI=1S/C20H22N6O/c21-18(27)17-7-3-9-23-20(17)25-11-4-5-15(13-25)19-24-10-12-26(19)14-16-6-1-2-8-22-16/h1-3,6-10,12,15H,4-5,11,13-14H2,(H2,21,27). The summed E-state index contributed by atoms with van der Waals surface area (Å²) in [4.78, 5) is 27.4. The van der Waals surface area contributed by atoms with Gasteiger partial charge in [0, 0.05) is 43.8 Å². The van der Waals surface area contributed by atoms with Gasteiger partial charge in [-0.15, -0.1) is 0 Å². The number of rotatable bonds is 5. The molecule has 3 aromatic heterocycles. The van der Waals surface area contributed by atoms with Gasteiger partial charge in [-0.25, -0.2) is 9.97 Å². The zero-order valence-corrected chi connectivity index (χ0v) is 15.0. The van der Waals surface area contributed by atoms with Crippen LogP contribution in [0.3, 0.4) is 0 Å². The van der Waals surface area contributed by atoms with Gasteiger partial charge < -0.3 is 15.2 Å². The summed E-state index contributed by atoms with van der Waals surface area (Å²) in [5.41, 5.74) is 7.00. The van der Waals surface area contributed by atoms with Crippen molar-refractivity contribution in [2.24, 2.45) is 5.73 Å². The van der Waals surface area contributed by atoms with Gasteiger partial charge in [0.25, 0.3) is 5.91 Å². The molecule has 7 nitrogen and oxygen atoms in total. The van der Waals surface area contributed by atoms with E-state index in [0.717, 1.165) is 37.4 Å². The van der Waals surface area contributed by atoms with Crippen LogP contribution in [0.2, 0.25) is 0 Å². The largest absolute Gasteiger partial charge is 0.365 e. The van der Waals surface area contributed by atoms with Crippen molar-refractivity contribution in [1.29, 1.82) is 0 Å². The zero-order valence-electron chi connectivity index (χ0n) is 15.0. The second-order valence-corrected chi connectivity index (χ2v) is 6.76. The molecule has 0 spiro atoms. The molecule has 1 aliphatic heterocycles. The monoisotopic (exact) mass is 362 g/mol. The Balaban J connectivity index is 1.56. The van der Waals surface area contributed by atoms with Crippen LogP contribution in [0.5, 0.6) is 0 Å². The minimum Gasteiger partial charge on any atom is -0.365 e. The van der Waals surface area contributed by atoms with Crippen LogP contribution in [-0.2, 0) is 6.54 Å². The van der Waals surface area contributed by atoms with Gasteiger partial charge in [0.1, 0.15) is 11.6 Å². The lowest BCUT2D eigenvalue weighted by Gasteiger charge is -2.34. The molecule has 1 aliphatic rings. The van der Waals surface area contributed by atoms with E-state index < -0.39 is 5.91 Å². The quantitative estimate of drug-likeness (QED) is 0.751. The molecule has 27 heavy (non-hydrogen) atoms. The number of anilines is 1. The maximum atomic E-state index is 11.8. The number of aromatic nitrogens is 4. The van der Waals surface area contributed by atoms with Gasteiger partial charge in [0.05, 0.1) is 17.8 Å². The lowest BCUT2D eigenvalue weighted by atomic mass is 9.96. The highest BCUT2D eigenvalue weighted by Crippen LogP contribution is 2.30. The summed E-state index contributed by atoms with van der Waals surface area (Å²) < 4.78 is 2.16. The Labute approximate surface area is 157 Å². The molecule has 1 atom stereocenters. The molecule has 1 amide bonds. The molecule has 0 saturated carbocycles. The van der Waals surface area contributed by atoms with Crippen molar-refractivity contribution in [2.45, 2.75) is 25.3 Å². The fourth-order valence-electron chi connectivity index (χ4n) is 3.70. The molecule has 0 radical (unpaired) electrons. The second kappa shape index (κ2) is 7.57. The molecule has 2 N–H and O–H groups in total. The average Bonchev–Trinajstić information content (AvgIpc) is 3.17. The molecule has 1 unspecified atom stereocenters. The Kier molecular flexibility index (Phi) is 4.82. The Morgan fingerprint density at radius 3 is 2.81 bits per heavy atom. The number of nitrogens with two attached hydrogens (primary N) is 1. The highest BCUT2D eigenvalue weighted by Gasteiger charge is 2.27. The third kappa shape index (κ3) is 3.67. The lowest BCUT2D eigenvalue weighted by Crippen LogP contribution is -2.37. The molecule has 3 aromatic rings. The smallest absolute Gasteiger partial charge is 0.252 e. The van der Waals surface area contributed by atoms with Crippen molar-refractivity contribution in [2.75, 3.05) is 18.0 Å². The minimum absolute atomic E-state index is 0.264. The van der Waals surface area contributed by atoms with Crippen molar-refractivity contribution in [3.05, 3.63) is 72.2 Å². The molecule has 138 valence electrons. The van der Waals surface area contributed by atoms with Crippen LogP contribution in [0.15, 0.2) is 55.1 Å². The Morgan fingerprint density at radius 2 is 2.00 bits per heavy atom. The summed E-state index contributed by atoms with van der Waals surface area (Å²) in [5, 5.41) is 0. The molecular weight excluding hydrogens is 340 g/mol. The topological polar surface area (TPSA) is 89.9 Å². The van der Waals surface area contributed by atoms with Gasteiger partial charge >= 0.3 is 0 Å². The van der Waals surface area contributed by atoms with Crippen molar-refractivity contribution in [3.8, 4) is 0 Å². The van der Waals surface area contributed by atoms with Gasteiger partial charge in [-0.3, -0.25) is 9.78 Å². The number of primary amides is 1. The van der Waals surface area contributed by atoms with Crippen LogP contribution in [0.4, 0.5) is 5.82 Å². The number of pyridine rings is 2. The molecule has 4 rings (SSSR count). The third-order valence-corrected chi connectivity index (χ3v) is 4.94. The van der Waals surface area contributed by atoms with E-state index in [9.17, 15) is 4.79 Å². The number of amides is 1. The summed E-state index contributed by atoms with van der Waals surface area (Å²) in [6, 6.07) is 9.40. The molecule has 0 bridgehead atoms. The van der Waals surface area contributed by atoms with Gasteiger partial charge in [-0.2, -0.15) is 0 Å². The van der Waals surface area contributed by atoms with E-state index in [4.69, 9.17) is 5.73 Å². The lowest BCUT2D eigenvalue weighted by molar-refractivity contribution is 0.100. The molecule has 1 fully saturated rings. The number of carbonyl (C=O) groups excluding carboxylic acids is 1. The predicted molar refractivity (Wildman–Crippen MR) is 103 cm³/mol. The fraction of sp³-hybridized carbons (Fsp3) is 0.300. The van der Waals surface area contributed by atoms with Crippen LogP contribution in [0.25, 0.3) is 0 Å². The van der Waals surface area contributed by atoms with E-state index in [1.54, 1.807) is 24.5 Å². The van der Waals surface area contributed by atoms with E-state index in [0.29, 0.717) is 17.9 Å². The number of hydrogen-bond donors (Lipinski definition) is 1. The summed E-state index contributed by atoms with van der Waals surface area (Å²) >= 11 is 0. The second-order valence-electron chi connectivity index (χ2n) is 6.76. The van der Waals surface area contributed by atoms with E-state index in [-0.39, 0.29) is 5.92 Å². The van der Waals surface area contributed by atoms with Crippen LogP contribution in [0, 0.1) is 0 Å². The van der Waals surface area contributed by atoms with E-state index in [1.807, 2.05) is 30.6 Å². The fourth-order valence-corrected chi connectivity index (χ4v) is 3.70. The molecule has 0 aliphatic carbocycles. The number of nitrogens with zero attached hydrogens (tertiary/aromatic N) is 5. The normalized spacial score (nSPS) is 17.0. The third-order valence-electron chi connectivity index (χ3n) is 4.94. The van der Waals surface area contributed by atoms with Crippen molar-refractivity contribution >= 4 is 11.7 Å². The summed E-state index contributed by atoms with van der Waals surface area (Å²) in [7, 11) is 0. The molecule has 7 heteroatoms. The molecule has 1 saturated heterocycles. The number of piperidine rings is 1. The maximum absolute atomic E-state index is 11.8. The van der Waals surface area contributed by atoms with Crippen LogP contribution in [-0.4, -0.2) is 38.5 Å². The van der Waals surface area contributed by atoms with Gasteiger partial charge in [-0.05, 0) is 37.1 Å². The van der Waals surface area contributed by atoms with Gasteiger partial charge in [-0.1, -0.05) is 6.07 Å². The highest BCUT2D eigenvalue weighted by atomic mass is 16.1. The van der Waals surface area contributed by atoms with Crippen molar-refractivity contribution in [3.63, 3.8) is 0 Å². The first kappa shape index (κ1) is 17.2. The number of imidazole rings is 1. The SMILES string of the molecule is NC(=O)c1cccnc1N1CCCC(c2nccn2Cc2ccccn2)C1. The summed E-state index contributed by atoms with van der Waals surface area (Å²) in [6.07, 6.45) is 9.41. The number of hydrogen-bond acceptors (Lipinski definition) is 5. The zero-order chi connectivity index (χ0) is 18.6. The van der Waals surface area contributed by atoms with Crippen molar-refractivity contribution < 1.29 is 4.79 Å². The molecular formula is C20H22N6O. The van der Waals surface area contributed by atoms with Gasteiger partial charge in [0.15, 0.2) is 0 Å². The van der Waals surface area contributed by atoms with E-state index >= 15 is 0 Å². The first-order valence-corrected chi connectivity index (χ1v) is 9.13. The maximum Gasteiger partial charge on any atom is 0.252 e. The first-order chi connectivity index (χ1) is 13.2. The van der Waals surface area contributed by atoms with E-state index in [1.165, 1.54) is 0 Å². The Bertz CT molecular complexity index is 923. The highest BCUT2D eigenvalue weighted by molar-refractivity contribution is 5.97. The predicted octanol–water partition coefficient (Wildman–Crippen LogP) is 2.20. The molecule has 0 aromatic carbocycles. The number of carbonyl (C=O) groups is 1.